The second-order valence-corrected chi connectivity index (χ2v) is 6.15. The molecule has 6 nitrogen and oxygen atoms in total. The standard InChI is InChI=1S/C18H28N4O2.HI/c1-14-5-4-12-22(13-14)18(19-2)21-11-10-20-17(23)15-6-8-16(24-3)9-7-15;/h6-9,14H,4-5,10-13H2,1-3H3,(H,19,21)(H,20,23);1H. The molecule has 1 unspecified atom stereocenters. The van der Waals surface area contributed by atoms with Gasteiger partial charge < -0.3 is 20.3 Å². The summed E-state index contributed by atoms with van der Waals surface area (Å²) < 4.78 is 5.09. The minimum Gasteiger partial charge on any atom is -0.497 e. The van der Waals surface area contributed by atoms with E-state index in [4.69, 9.17) is 4.74 Å². The van der Waals surface area contributed by atoms with Gasteiger partial charge >= 0.3 is 0 Å². The number of hydrogen-bond donors (Lipinski definition) is 2. The minimum atomic E-state index is -0.0824. The number of halogens is 1. The zero-order valence-corrected chi connectivity index (χ0v) is 17.6. The van der Waals surface area contributed by atoms with Gasteiger partial charge in [0, 0.05) is 38.8 Å². The van der Waals surface area contributed by atoms with E-state index in [9.17, 15) is 4.79 Å². The fourth-order valence-electron chi connectivity index (χ4n) is 2.91. The normalized spacial score (nSPS) is 17.5. The third-order valence-corrected chi connectivity index (χ3v) is 4.21. The van der Waals surface area contributed by atoms with Gasteiger partial charge in [-0.15, -0.1) is 24.0 Å². The summed E-state index contributed by atoms with van der Waals surface area (Å²) in [5.74, 6) is 2.28. The number of ether oxygens (including phenoxy) is 1. The van der Waals surface area contributed by atoms with Crippen LogP contribution < -0.4 is 15.4 Å². The maximum atomic E-state index is 12.1. The van der Waals surface area contributed by atoms with E-state index in [1.165, 1.54) is 12.8 Å². The van der Waals surface area contributed by atoms with E-state index < -0.39 is 0 Å². The first-order valence-corrected chi connectivity index (χ1v) is 8.52. The molecule has 0 radical (unpaired) electrons. The van der Waals surface area contributed by atoms with Crippen LogP contribution in [0.4, 0.5) is 0 Å². The Balaban J connectivity index is 0.00000312. The first-order valence-electron chi connectivity index (χ1n) is 8.52. The van der Waals surface area contributed by atoms with Gasteiger partial charge in [0.15, 0.2) is 5.96 Å². The van der Waals surface area contributed by atoms with Crippen molar-refractivity contribution in [2.24, 2.45) is 10.9 Å². The maximum Gasteiger partial charge on any atom is 0.251 e. The topological polar surface area (TPSA) is 66.0 Å². The zero-order chi connectivity index (χ0) is 17.4. The van der Waals surface area contributed by atoms with E-state index in [-0.39, 0.29) is 29.9 Å². The Morgan fingerprint density at radius 2 is 1.96 bits per heavy atom. The number of rotatable bonds is 5. The van der Waals surface area contributed by atoms with E-state index in [1.54, 1.807) is 38.4 Å². The molecule has 1 aromatic rings. The summed E-state index contributed by atoms with van der Waals surface area (Å²) in [5, 5.41) is 6.24. The Hall–Kier alpha value is -1.51. The number of piperidine rings is 1. The van der Waals surface area contributed by atoms with E-state index in [1.807, 2.05) is 0 Å². The number of carbonyl (C=O) groups is 1. The number of benzene rings is 1. The highest BCUT2D eigenvalue weighted by atomic mass is 127. The quantitative estimate of drug-likeness (QED) is 0.307. The van der Waals surface area contributed by atoms with Crippen molar-refractivity contribution in [1.82, 2.24) is 15.5 Å². The predicted molar refractivity (Wildman–Crippen MR) is 112 cm³/mol. The molecule has 1 aliphatic rings. The van der Waals surface area contributed by atoms with Gasteiger partial charge in [-0.25, -0.2) is 0 Å². The highest BCUT2D eigenvalue weighted by molar-refractivity contribution is 14.0. The van der Waals surface area contributed by atoms with Crippen LogP contribution >= 0.6 is 24.0 Å². The van der Waals surface area contributed by atoms with Crippen molar-refractivity contribution in [3.05, 3.63) is 29.8 Å². The number of aliphatic imine (C=N–C) groups is 1. The fourth-order valence-corrected chi connectivity index (χ4v) is 2.91. The number of amides is 1. The van der Waals surface area contributed by atoms with Gasteiger partial charge in [0.2, 0.25) is 0 Å². The first-order chi connectivity index (χ1) is 11.6. The lowest BCUT2D eigenvalue weighted by Crippen LogP contribution is -2.47. The molecule has 1 amide bonds. The fraction of sp³-hybridized carbons (Fsp3) is 0.556. The first kappa shape index (κ1) is 21.5. The average Bonchev–Trinajstić information content (AvgIpc) is 2.61. The van der Waals surface area contributed by atoms with Crippen LogP contribution in [0.2, 0.25) is 0 Å². The maximum absolute atomic E-state index is 12.1. The average molecular weight is 460 g/mol. The van der Waals surface area contributed by atoms with Gasteiger partial charge in [0.05, 0.1) is 7.11 Å². The minimum absolute atomic E-state index is 0. The molecule has 1 aliphatic heterocycles. The molecule has 1 atom stereocenters. The number of methoxy groups -OCH3 is 1. The highest BCUT2D eigenvalue weighted by Crippen LogP contribution is 2.15. The molecule has 1 aromatic carbocycles. The molecule has 7 heteroatoms. The molecule has 0 aliphatic carbocycles. The molecule has 1 heterocycles. The van der Waals surface area contributed by atoms with E-state index in [2.05, 4.69) is 27.4 Å². The van der Waals surface area contributed by atoms with Crippen molar-refractivity contribution >= 4 is 35.8 Å². The van der Waals surface area contributed by atoms with Crippen LogP contribution in [0.1, 0.15) is 30.1 Å². The molecule has 0 aromatic heterocycles. The third kappa shape index (κ3) is 6.72. The lowest BCUT2D eigenvalue weighted by atomic mass is 10.0. The number of nitrogens with one attached hydrogen (secondary N) is 2. The van der Waals surface area contributed by atoms with Crippen molar-refractivity contribution in [3.8, 4) is 5.75 Å². The van der Waals surface area contributed by atoms with E-state index in [0.29, 0.717) is 24.6 Å². The van der Waals surface area contributed by atoms with Gasteiger partial charge in [0.1, 0.15) is 5.75 Å². The van der Waals surface area contributed by atoms with Gasteiger partial charge in [-0.2, -0.15) is 0 Å². The van der Waals surface area contributed by atoms with Crippen molar-refractivity contribution in [1.29, 1.82) is 0 Å². The van der Waals surface area contributed by atoms with Gasteiger partial charge in [0.25, 0.3) is 5.91 Å². The lowest BCUT2D eigenvalue weighted by molar-refractivity contribution is 0.0954. The van der Waals surface area contributed by atoms with Gasteiger partial charge in [-0.05, 0) is 43.0 Å². The van der Waals surface area contributed by atoms with Crippen molar-refractivity contribution < 1.29 is 9.53 Å². The van der Waals surface area contributed by atoms with Crippen LogP contribution in [0.25, 0.3) is 0 Å². The Morgan fingerprint density at radius 1 is 1.28 bits per heavy atom. The van der Waals surface area contributed by atoms with Crippen LogP contribution in [0, 0.1) is 5.92 Å². The number of guanidine groups is 1. The van der Waals surface area contributed by atoms with Crippen LogP contribution in [-0.4, -0.2) is 57.1 Å². The van der Waals surface area contributed by atoms with Crippen LogP contribution in [0.15, 0.2) is 29.3 Å². The molecular formula is C18H29IN4O2. The largest absolute Gasteiger partial charge is 0.497 e. The van der Waals surface area contributed by atoms with E-state index in [0.717, 1.165) is 24.8 Å². The second kappa shape index (κ2) is 11.2. The molecule has 0 spiro atoms. The summed E-state index contributed by atoms with van der Waals surface area (Å²) in [6, 6.07) is 7.09. The summed E-state index contributed by atoms with van der Waals surface area (Å²) in [4.78, 5) is 18.7. The summed E-state index contributed by atoms with van der Waals surface area (Å²) in [7, 11) is 3.41. The number of hydrogen-bond acceptors (Lipinski definition) is 3. The number of nitrogens with zero attached hydrogens (tertiary/aromatic N) is 2. The Bertz CT molecular complexity index is 563. The smallest absolute Gasteiger partial charge is 0.251 e. The molecular weight excluding hydrogens is 431 g/mol. The van der Waals surface area contributed by atoms with Crippen molar-refractivity contribution in [2.45, 2.75) is 19.8 Å². The Kier molecular flexibility index (Phi) is 9.62. The second-order valence-electron chi connectivity index (χ2n) is 6.15. The molecule has 1 saturated heterocycles. The number of carbonyl (C=O) groups excluding carboxylic acids is 1. The predicted octanol–water partition coefficient (Wildman–Crippen LogP) is 2.35. The van der Waals surface area contributed by atoms with Crippen LogP contribution in [0.5, 0.6) is 5.75 Å². The van der Waals surface area contributed by atoms with E-state index >= 15 is 0 Å². The zero-order valence-electron chi connectivity index (χ0n) is 15.2. The number of likely N-dealkylation sites (tertiary alicyclic amines) is 1. The van der Waals surface area contributed by atoms with Crippen LogP contribution in [0.3, 0.4) is 0 Å². The molecule has 2 rings (SSSR count). The van der Waals surface area contributed by atoms with Gasteiger partial charge in [-0.1, -0.05) is 6.92 Å². The molecule has 0 saturated carbocycles. The lowest BCUT2D eigenvalue weighted by Gasteiger charge is -2.33. The molecule has 140 valence electrons. The molecule has 1 fully saturated rings. The third-order valence-electron chi connectivity index (χ3n) is 4.21. The highest BCUT2D eigenvalue weighted by Gasteiger charge is 2.18. The summed E-state index contributed by atoms with van der Waals surface area (Å²) >= 11 is 0. The van der Waals surface area contributed by atoms with Crippen LogP contribution in [-0.2, 0) is 0 Å². The van der Waals surface area contributed by atoms with Crippen molar-refractivity contribution in [3.63, 3.8) is 0 Å². The molecule has 2 N–H and O–H groups in total. The summed E-state index contributed by atoms with van der Waals surface area (Å²) in [6.07, 6.45) is 2.49. The Labute approximate surface area is 167 Å². The Morgan fingerprint density at radius 3 is 2.56 bits per heavy atom. The summed E-state index contributed by atoms with van der Waals surface area (Å²) in [5.41, 5.74) is 0.630. The molecule has 0 bridgehead atoms. The monoisotopic (exact) mass is 460 g/mol. The SMILES string of the molecule is CN=C(NCCNC(=O)c1ccc(OC)cc1)N1CCCC(C)C1.I. The van der Waals surface area contributed by atoms with Gasteiger partial charge in [-0.3, -0.25) is 9.79 Å². The van der Waals surface area contributed by atoms with Crippen molar-refractivity contribution in [2.75, 3.05) is 40.3 Å². The summed E-state index contributed by atoms with van der Waals surface area (Å²) in [6.45, 7) is 5.56. The molecule has 25 heavy (non-hydrogen) atoms.